The number of hydrogen-bond donors (Lipinski definition) is 0. The van der Waals surface area contributed by atoms with E-state index < -0.39 is 15.3 Å². The summed E-state index contributed by atoms with van der Waals surface area (Å²) >= 11 is 0. The number of sulfonamides is 1. The van der Waals surface area contributed by atoms with Gasteiger partial charge in [0, 0.05) is 6.54 Å². The molecule has 0 N–H and O–H groups in total. The van der Waals surface area contributed by atoms with Gasteiger partial charge in [-0.1, -0.05) is 12.1 Å². The summed E-state index contributed by atoms with van der Waals surface area (Å²) in [7, 11) is -3.23. The predicted molar refractivity (Wildman–Crippen MR) is 68.3 cm³/mol. The fraction of sp³-hybridized carbons (Fsp3) is 0.500. The Kier molecular flexibility index (Phi) is 3.97. The Labute approximate surface area is 98.1 Å². The first kappa shape index (κ1) is 13.0. The lowest BCUT2D eigenvalue weighted by Gasteiger charge is -2.25. The third kappa shape index (κ3) is 2.55. The third-order valence-electron chi connectivity index (χ3n) is 2.48. The lowest BCUT2D eigenvalue weighted by Crippen LogP contribution is -2.36. The van der Waals surface area contributed by atoms with Gasteiger partial charge in [-0.25, -0.2) is 8.42 Å². The molecule has 0 saturated carbocycles. The fourth-order valence-electron chi connectivity index (χ4n) is 1.55. The molecule has 0 fully saturated rings. The van der Waals surface area contributed by atoms with Gasteiger partial charge in [-0.2, -0.15) is 0 Å². The van der Waals surface area contributed by atoms with Crippen LogP contribution in [0.25, 0.3) is 0 Å². The largest absolute Gasteiger partial charge is 0.270 e. The van der Waals surface area contributed by atoms with E-state index in [2.05, 4.69) is 0 Å². The third-order valence-corrected chi connectivity index (χ3v) is 4.75. The molecule has 0 aliphatic carbocycles. The molecule has 1 rings (SSSR count). The number of benzene rings is 1. The second-order valence-corrected chi connectivity index (χ2v) is 6.51. The summed E-state index contributed by atoms with van der Waals surface area (Å²) in [6, 6.07) is 7.56. The van der Waals surface area contributed by atoms with Gasteiger partial charge in [0.25, 0.3) is 0 Å². The topological polar surface area (TPSA) is 37.4 Å². The van der Waals surface area contributed by atoms with Crippen LogP contribution in [-0.4, -0.2) is 20.2 Å². The van der Waals surface area contributed by atoms with Crippen LogP contribution in [0.5, 0.6) is 0 Å². The van der Waals surface area contributed by atoms with Crippen molar-refractivity contribution < 1.29 is 8.42 Å². The van der Waals surface area contributed by atoms with Crippen LogP contribution in [0.1, 0.15) is 26.3 Å². The molecule has 0 bridgehead atoms. The number of rotatable bonds is 4. The van der Waals surface area contributed by atoms with Crippen LogP contribution in [0, 0.1) is 6.92 Å². The summed E-state index contributed by atoms with van der Waals surface area (Å²) in [5, 5.41) is -0.395. The van der Waals surface area contributed by atoms with Crippen LogP contribution in [0.4, 0.5) is 5.69 Å². The average Bonchev–Trinajstić information content (AvgIpc) is 2.18. The summed E-state index contributed by atoms with van der Waals surface area (Å²) in [5.41, 5.74) is 1.81. The number of nitrogens with zero attached hydrogens (tertiary/aromatic N) is 1. The quantitative estimate of drug-likeness (QED) is 0.812. The fourth-order valence-corrected chi connectivity index (χ4v) is 2.82. The summed E-state index contributed by atoms with van der Waals surface area (Å²) < 4.78 is 25.7. The highest BCUT2D eigenvalue weighted by molar-refractivity contribution is 7.93. The lowest BCUT2D eigenvalue weighted by molar-refractivity contribution is 0.583. The SMILES string of the molecule is CCN(c1cccc(C)c1)S(=O)(=O)C(C)C. The van der Waals surface area contributed by atoms with E-state index >= 15 is 0 Å². The van der Waals surface area contributed by atoms with Gasteiger partial charge in [-0.3, -0.25) is 4.31 Å². The van der Waals surface area contributed by atoms with Crippen LogP contribution >= 0.6 is 0 Å². The summed E-state index contributed by atoms with van der Waals surface area (Å²) in [6.45, 7) is 7.67. The van der Waals surface area contributed by atoms with E-state index in [1.54, 1.807) is 13.8 Å². The van der Waals surface area contributed by atoms with Crippen LogP contribution in [-0.2, 0) is 10.0 Å². The standard InChI is InChI=1S/C12H19NO2S/c1-5-13(16(14,15)10(2)3)12-8-6-7-11(4)9-12/h6-10H,5H2,1-4H3. The average molecular weight is 241 g/mol. The zero-order valence-corrected chi connectivity index (χ0v) is 11.1. The number of aryl methyl sites for hydroxylation is 1. The van der Waals surface area contributed by atoms with Crippen molar-refractivity contribution >= 4 is 15.7 Å². The van der Waals surface area contributed by atoms with Crippen molar-refractivity contribution in [3.05, 3.63) is 29.8 Å². The highest BCUT2D eigenvalue weighted by atomic mass is 32.2. The van der Waals surface area contributed by atoms with E-state index in [0.717, 1.165) is 11.3 Å². The van der Waals surface area contributed by atoms with Crippen molar-refractivity contribution in [3.8, 4) is 0 Å². The smallest absolute Gasteiger partial charge is 0.237 e. The molecule has 1 aromatic carbocycles. The maximum atomic E-state index is 12.1. The maximum Gasteiger partial charge on any atom is 0.237 e. The second-order valence-electron chi connectivity index (χ2n) is 4.10. The molecule has 3 nitrogen and oxygen atoms in total. The summed E-state index contributed by atoms with van der Waals surface area (Å²) in [6.07, 6.45) is 0. The van der Waals surface area contributed by atoms with Crippen LogP contribution in [0.3, 0.4) is 0 Å². The molecule has 90 valence electrons. The zero-order valence-electron chi connectivity index (χ0n) is 10.3. The van der Waals surface area contributed by atoms with Gasteiger partial charge >= 0.3 is 0 Å². The van der Waals surface area contributed by atoms with Crippen molar-refractivity contribution in [3.63, 3.8) is 0 Å². The summed E-state index contributed by atoms with van der Waals surface area (Å²) in [4.78, 5) is 0. The Balaban J connectivity index is 3.19. The Bertz CT molecular complexity index is 452. The molecule has 0 aliphatic heterocycles. The molecule has 0 atom stereocenters. The van der Waals surface area contributed by atoms with Crippen molar-refractivity contribution in [2.45, 2.75) is 32.9 Å². The predicted octanol–water partition coefficient (Wildman–Crippen LogP) is 2.56. The molecule has 1 aromatic rings. The van der Waals surface area contributed by atoms with Gasteiger partial charge < -0.3 is 0 Å². The van der Waals surface area contributed by atoms with E-state index in [1.165, 1.54) is 4.31 Å². The van der Waals surface area contributed by atoms with Crippen LogP contribution < -0.4 is 4.31 Å². The number of anilines is 1. The monoisotopic (exact) mass is 241 g/mol. The first-order chi connectivity index (χ1) is 7.39. The minimum atomic E-state index is -3.23. The van der Waals surface area contributed by atoms with E-state index in [1.807, 2.05) is 38.1 Å². The lowest BCUT2D eigenvalue weighted by atomic mass is 10.2. The molecule has 0 radical (unpaired) electrons. The van der Waals surface area contributed by atoms with Gasteiger partial charge in [-0.05, 0) is 45.4 Å². The molecular weight excluding hydrogens is 222 g/mol. The highest BCUT2D eigenvalue weighted by Crippen LogP contribution is 2.21. The van der Waals surface area contributed by atoms with E-state index in [9.17, 15) is 8.42 Å². The first-order valence-electron chi connectivity index (χ1n) is 5.47. The Morgan fingerprint density at radius 3 is 2.38 bits per heavy atom. The first-order valence-corrected chi connectivity index (χ1v) is 6.98. The van der Waals surface area contributed by atoms with Gasteiger partial charge in [0.15, 0.2) is 0 Å². The molecule has 0 aliphatic rings. The van der Waals surface area contributed by atoms with Gasteiger partial charge in [0.1, 0.15) is 0 Å². The minimum Gasteiger partial charge on any atom is -0.270 e. The van der Waals surface area contributed by atoms with Gasteiger partial charge in [-0.15, -0.1) is 0 Å². The van der Waals surface area contributed by atoms with Crippen LogP contribution in [0.15, 0.2) is 24.3 Å². The Hall–Kier alpha value is -1.03. The molecule has 0 heterocycles. The van der Waals surface area contributed by atoms with E-state index in [4.69, 9.17) is 0 Å². The summed E-state index contributed by atoms with van der Waals surface area (Å²) in [5.74, 6) is 0. The van der Waals surface area contributed by atoms with E-state index in [0.29, 0.717) is 6.54 Å². The molecule has 0 saturated heterocycles. The van der Waals surface area contributed by atoms with E-state index in [-0.39, 0.29) is 0 Å². The molecule has 16 heavy (non-hydrogen) atoms. The van der Waals surface area contributed by atoms with Crippen molar-refractivity contribution in [1.82, 2.24) is 0 Å². The van der Waals surface area contributed by atoms with Crippen molar-refractivity contribution in [2.24, 2.45) is 0 Å². The van der Waals surface area contributed by atoms with Crippen molar-refractivity contribution in [2.75, 3.05) is 10.8 Å². The molecule has 0 amide bonds. The Morgan fingerprint density at radius 1 is 1.31 bits per heavy atom. The molecule has 4 heteroatoms. The molecule has 0 unspecified atom stereocenters. The minimum absolute atomic E-state index is 0.395. The Morgan fingerprint density at radius 2 is 1.94 bits per heavy atom. The zero-order chi connectivity index (χ0) is 12.3. The number of hydrogen-bond acceptors (Lipinski definition) is 2. The second kappa shape index (κ2) is 4.87. The van der Waals surface area contributed by atoms with Gasteiger partial charge in [0.05, 0.1) is 10.9 Å². The molecule has 0 aromatic heterocycles. The normalized spacial score (nSPS) is 11.8. The maximum absolute atomic E-state index is 12.1. The van der Waals surface area contributed by atoms with Gasteiger partial charge in [0.2, 0.25) is 10.0 Å². The molecular formula is C12H19NO2S. The highest BCUT2D eigenvalue weighted by Gasteiger charge is 2.24. The van der Waals surface area contributed by atoms with Crippen LogP contribution in [0.2, 0.25) is 0 Å². The molecule has 0 spiro atoms. The van der Waals surface area contributed by atoms with Crippen molar-refractivity contribution in [1.29, 1.82) is 0 Å².